The Hall–Kier alpha value is -4.94. The number of nitrogens with zero attached hydrogens (tertiary/aromatic N) is 6. The normalized spacial score (nSPS) is 14.1. The number of methoxy groups -OCH3 is 1. The van der Waals surface area contributed by atoms with Gasteiger partial charge in [0.15, 0.2) is 11.6 Å². The Morgan fingerprint density at radius 1 is 1.08 bits per heavy atom. The van der Waals surface area contributed by atoms with E-state index < -0.39 is 17.6 Å². The highest BCUT2D eigenvalue weighted by Crippen LogP contribution is 2.32. The van der Waals surface area contributed by atoms with Crippen LogP contribution in [-0.4, -0.2) is 48.7 Å². The molecule has 0 spiro atoms. The third-order valence-corrected chi connectivity index (χ3v) is 6.28. The highest BCUT2D eigenvalue weighted by Gasteiger charge is 2.26. The van der Waals surface area contributed by atoms with E-state index >= 15 is 0 Å². The molecule has 1 aliphatic carbocycles. The number of rotatable bonds is 7. The first-order valence-corrected chi connectivity index (χ1v) is 11.7. The number of hydrogen-bond donors (Lipinski definition) is 2. The largest absolute Gasteiger partial charge is 0.494 e. The lowest BCUT2D eigenvalue weighted by atomic mass is 10.1. The molecule has 4 aromatic rings. The molecule has 0 unspecified atom stereocenters. The van der Waals surface area contributed by atoms with Crippen LogP contribution in [0.3, 0.4) is 0 Å². The zero-order valence-electron chi connectivity index (χ0n) is 20.5. The van der Waals surface area contributed by atoms with E-state index in [0.717, 1.165) is 22.1 Å². The van der Waals surface area contributed by atoms with Gasteiger partial charge in [0.05, 0.1) is 18.8 Å². The maximum atomic E-state index is 13.6. The number of nitrogens with one attached hydrogen (secondary N) is 2. The molecule has 2 heterocycles. The average Bonchev–Trinajstić information content (AvgIpc) is 3.49. The van der Waals surface area contributed by atoms with E-state index in [1.807, 2.05) is 12.1 Å². The fraction of sp³-hybridized carbons (Fsp3) is 0.240. The molecule has 194 valence electrons. The van der Waals surface area contributed by atoms with Crippen LogP contribution in [-0.2, 0) is 20.0 Å². The van der Waals surface area contributed by atoms with Crippen LogP contribution in [0.2, 0.25) is 0 Å². The van der Waals surface area contributed by atoms with Crippen molar-refractivity contribution in [2.45, 2.75) is 25.4 Å². The maximum Gasteiger partial charge on any atom is 0.368 e. The van der Waals surface area contributed by atoms with Crippen LogP contribution in [0.1, 0.15) is 50.1 Å². The minimum Gasteiger partial charge on any atom is -0.494 e. The summed E-state index contributed by atoms with van der Waals surface area (Å²) in [4.78, 5) is 45.7. The molecule has 0 radical (unpaired) electrons. The Morgan fingerprint density at radius 3 is 2.61 bits per heavy atom. The standard InChI is InChI=1S/C25H23FN8O4/c1-33-25(37)34(32-31-33)16-5-6-17-15(10-16)4-8-19(17)30-24(36)21-11-20(28-13-29-21)23(35)27-12-14-3-7-18(26)22(9-14)38-2/h3,5-7,9-11,13,19H,4,8,12H2,1-2H3,(H,27,35)(H,30,36)/t19-/m1/s1. The second-order valence-electron chi connectivity index (χ2n) is 8.68. The van der Waals surface area contributed by atoms with Crippen LogP contribution >= 0.6 is 0 Å². The summed E-state index contributed by atoms with van der Waals surface area (Å²) in [7, 11) is 2.88. The van der Waals surface area contributed by atoms with Gasteiger partial charge in [-0.1, -0.05) is 12.1 Å². The first-order chi connectivity index (χ1) is 18.3. The van der Waals surface area contributed by atoms with Crippen molar-refractivity contribution in [2.75, 3.05) is 7.11 Å². The number of fused-ring (bicyclic) bond motifs is 1. The van der Waals surface area contributed by atoms with Crippen molar-refractivity contribution in [3.63, 3.8) is 0 Å². The molecule has 2 aromatic heterocycles. The highest BCUT2D eigenvalue weighted by molar-refractivity contribution is 5.97. The van der Waals surface area contributed by atoms with Crippen molar-refractivity contribution in [3.05, 3.63) is 93.2 Å². The smallest absolute Gasteiger partial charge is 0.368 e. The number of hydrogen-bond acceptors (Lipinski definition) is 8. The van der Waals surface area contributed by atoms with E-state index in [1.165, 1.54) is 43.1 Å². The molecule has 2 N–H and O–H groups in total. The van der Waals surface area contributed by atoms with Gasteiger partial charge in [-0.2, -0.15) is 9.36 Å². The van der Waals surface area contributed by atoms with E-state index in [1.54, 1.807) is 6.07 Å². The number of halogens is 1. The minimum absolute atomic E-state index is 0.0186. The Morgan fingerprint density at radius 2 is 1.87 bits per heavy atom. The SMILES string of the molecule is COc1cc(CNC(=O)c2cc(C(=O)N[C@@H]3CCc4cc(-n5nnn(C)c5=O)ccc43)ncn2)ccc1F. The van der Waals surface area contributed by atoms with Gasteiger partial charge in [-0.3, -0.25) is 9.59 Å². The number of carbonyl (C=O) groups excluding carboxylic acids is 2. The van der Waals surface area contributed by atoms with Crippen LogP contribution in [0.15, 0.2) is 53.6 Å². The van der Waals surface area contributed by atoms with Crippen molar-refractivity contribution in [1.82, 2.24) is 40.4 Å². The van der Waals surface area contributed by atoms with E-state index in [0.29, 0.717) is 24.1 Å². The first kappa shape index (κ1) is 24.7. The molecule has 1 atom stereocenters. The van der Waals surface area contributed by atoms with Gasteiger partial charge in [0.1, 0.15) is 17.7 Å². The number of benzene rings is 2. The molecule has 12 nitrogen and oxygen atoms in total. The van der Waals surface area contributed by atoms with Crippen molar-refractivity contribution in [1.29, 1.82) is 0 Å². The number of carbonyl (C=O) groups is 2. The summed E-state index contributed by atoms with van der Waals surface area (Å²) in [6.07, 6.45) is 2.52. The topological polar surface area (TPSA) is 146 Å². The summed E-state index contributed by atoms with van der Waals surface area (Å²) in [5.41, 5.74) is 2.87. The van der Waals surface area contributed by atoms with E-state index in [9.17, 15) is 18.8 Å². The lowest BCUT2D eigenvalue weighted by Crippen LogP contribution is -2.29. The summed E-state index contributed by atoms with van der Waals surface area (Å²) in [6, 6.07) is 10.8. The first-order valence-electron chi connectivity index (χ1n) is 11.7. The van der Waals surface area contributed by atoms with Crippen LogP contribution in [0, 0.1) is 5.82 Å². The number of aromatic nitrogens is 6. The van der Waals surface area contributed by atoms with Gasteiger partial charge in [-0.05, 0) is 64.2 Å². The molecule has 2 amide bonds. The minimum atomic E-state index is -0.511. The van der Waals surface area contributed by atoms with Gasteiger partial charge in [0.2, 0.25) is 0 Å². The predicted molar refractivity (Wildman–Crippen MR) is 131 cm³/mol. The molecular formula is C25H23FN8O4. The van der Waals surface area contributed by atoms with E-state index in [2.05, 4.69) is 31.0 Å². The van der Waals surface area contributed by atoms with Gasteiger partial charge in [-0.25, -0.2) is 19.2 Å². The summed E-state index contributed by atoms with van der Waals surface area (Å²) < 4.78 is 20.9. The van der Waals surface area contributed by atoms with Crippen molar-refractivity contribution in [3.8, 4) is 11.4 Å². The molecule has 0 saturated carbocycles. The highest BCUT2D eigenvalue weighted by atomic mass is 19.1. The molecular weight excluding hydrogens is 495 g/mol. The van der Waals surface area contributed by atoms with Crippen molar-refractivity contribution < 1.29 is 18.7 Å². The summed E-state index contributed by atoms with van der Waals surface area (Å²) in [5.74, 6) is -1.38. The van der Waals surface area contributed by atoms with Crippen LogP contribution in [0.4, 0.5) is 4.39 Å². The molecule has 0 fully saturated rings. The average molecular weight is 519 g/mol. The van der Waals surface area contributed by atoms with Gasteiger partial charge < -0.3 is 15.4 Å². The second-order valence-corrected chi connectivity index (χ2v) is 8.68. The van der Waals surface area contributed by atoms with Gasteiger partial charge in [-0.15, -0.1) is 0 Å². The zero-order chi connectivity index (χ0) is 26.8. The molecule has 0 saturated heterocycles. The van der Waals surface area contributed by atoms with Gasteiger partial charge in [0.25, 0.3) is 11.8 Å². The second kappa shape index (κ2) is 10.2. The molecule has 5 rings (SSSR count). The third kappa shape index (κ3) is 4.85. The Labute approximate surface area is 215 Å². The number of ether oxygens (including phenoxy) is 1. The zero-order valence-corrected chi connectivity index (χ0v) is 20.5. The summed E-state index contributed by atoms with van der Waals surface area (Å²) in [5, 5.41) is 13.2. The predicted octanol–water partition coefficient (Wildman–Crippen LogP) is 1.25. The molecule has 2 aromatic carbocycles. The third-order valence-electron chi connectivity index (χ3n) is 6.28. The fourth-order valence-corrected chi connectivity index (χ4v) is 4.29. The Balaban J connectivity index is 1.25. The lowest BCUT2D eigenvalue weighted by Gasteiger charge is -2.14. The van der Waals surface area contributed by atoms with Crippen LogP contribution < -0.4 is 21.1 Å². The number of amides is 2. The maximum absolute atomic E-state index is 13.6. The van der Waals surface area contributed by atoms with Gasteiger partial charge in [0, 0.05) is 19.7 Å². The lowest BCUT2D eigenvalue weighted by molar-refractivity contribution is 0.0931. The quantitative estimate of drug-likeness (QED) is 0.372. The molecule has 13 heteroatoms. The molecule has 0 aliphatic heterocycles. The van der Waals surface area contributed by atoms with Crippen LogP contribution in [0.5, 0.6) is 5.75 Å². The van der Waals surface area contributed by atoms with E-state index in [-0.39, 0.29) is 35.4 Å². The van der Waals surface area contributed by atoms with Crippen molar-refractivity contribution >= 4 is 11.8 Å². The number of tetrazole rings is 1. The van der Waals surface area contributed by atoms with Gasteiger partial charge >= 0.3 is 5.69 Å². The molecule has 38 heavy (non-hydrogen) atoms. The number of aryl methyl sites for hydroxylation is 2. The summed E-state index contributed by atoms with van der Waals surface area (Å²) in [6.45, 7) is 0.114. The monoisotopic (exact) mass is 518 g/mol. The fourth-order valence-electron chi connectivity index (χ4n) is 4.29. The molecule has 0 bridgehead atoms. The van der Waals surface area contributed by atoms with Crippen LogP contribution in [0.25, 0.3) is 5.69 Å². The summed E-state index contributed by atoms with van der Waals surface area (Å²) >= 11 is 0. The Kier molecular flexibility index (Phi) is 6.64. The molecule has 1 aliphatic rings. The Bertz CT molecular complexity index is 1600. The van der Waals surface area contributed by atoms with E-state index in [4.69, 9.17) is 4.74 Å². The van der Waals surface area contributed by atoms with Crippen molar-refractivity contribution in [2.24, 2.45) is 7.05 Å².